The second kappa shape index (κ2) is 11.3. The van der Waals surface area contributed by atoms with Crippen LogP contribution in [-0.4, -0.2) is 30.3 Å². The normalized spacial score (nSPS) is 11.5. The molecule has 1 amide bonds. The number of aliphatic hydroxyl groups is 1. The maximum Gasteiger partial charge on any atom is 0.281 e. The van der Waals surface area contributed by atoms with E-state index in [0.717, 1.165) is 31.5 Å². The van der Waals surface area contributed by atoms with Gasteiger partial charge in [0.15, 0.2) is 5.60 Å². The van der Waals surface area contributed by atoms with Gasteiger partial charge in [0.25, 0.3) is 5.91 Å². The minimum Gasteiger partial charge on any atom is -0.372 e. The zero-order valence-electron chi connectivity index (χ0n) is 18.7. The minimum atomic E-state index is -1.84. The number of hydrazone groups is 1. The van der Waals surface area contributed by atoms with Crippen molar-refractivity contribution in [3.8, 4) is 0 Å². The number of amides is 1. The predicted molar refractivity (Wildman–Crippen MR) is 131 cm³/mol. The van der Waals surface area contributed by atoms with Crippen molar-refractivity contribution >= 4 is 17.8 Å². The Balaban J connectivity index is 1.75. The molecule has 2 N–H and O–H groups in total. The van der Waals surface area contributed by atoms with E-state index in [9.17, 15) is 9.90 Å². The summed E-state index contributed by atoms with van der Waals surface area (Å²) >= 11 is 0. The Morgan fingerprint density at radius 1 is 0.875 bits per heavy atom. The standard InChI is InChI=1S/C27H31N3O2/c1-3-19-30(20-4-2)25-17-15-22(16-18-25)21-28-29-26(31)27(32,23-11-7-5-8-12-23)24-13-9-6-10-14-24/h5-18,21,32H,3-4,19-20H2,1-2H3,(H,29,31). The first-order valence-corrected chi connectivity index (χ1v) is 11.1. The van der Waals surface area contributed by atoms with E-state index >= 15 is 0 Å². The third kappa shape index (κ3) is 5.42. The van der Waals surface area contributed by atoms with E-state index in [1.54, 1.807) is 54.7 Å². The second-order valence-electron chi connectivity index (χ2n) is 7.72. The van der Waals surface area contributed by atoms with Crippen LogP contribution in [0.15, 0.2) is 90.0 Å². The van der Waals surface area contributed by atoms with Gasteiger partial charge >= 0.3 is 0 Å². The summed E-state index contributed by atoms with van der Waals surface area (Å²) in [5.74, 6) is -0.611. The van der Waals surface area contributed by atoms with Crippen LogP contribution < -0.4 is 10.3 Å². The largest absolute Gasteiger partial charge is 0.372 e. The van der Waals surface area contributed by atoms with Gasteiger partial charge in [-0.3, -0.25) is 4.79 Å². The number of carbonyl (C=O) groups is 1. The van der Waals surface area contributed by atoms with Crippen molar-refractivity contribution in [3.63, 3.8) is 0 Å². The molecular formula is C27H31N3O2. The lowest BCUT2D eigenvalue weighted by Gasteiger charge is -2.27. The SMILES string of the molecule is CCCN(CCC)c1ccc(C=NNC(=O)C(O)(c2ccccc2)c2ccccc2)cc1. The van der Waals surface area contributed by atoms with Crippen LogP contribution in [0.25, 0.3) is 0 Å². The third-order valence-corrected chi connectivity index (χ3v) is 5.34. The summed E-state index contributed by atoms with van der Waals surface area (Å²) in [5.41, 5.74) is 3.68. The average molecular weight is 430 g/mol. The Morgan fingerprint density at radius 3 is 1.84 bits per heavy atom. The van der Waals surface area contributed by atoms with Gasteiger partial charge in [0, 0.05) is 18.8 Å². The maximum atomic E-state index is 13.1. The Labute approximate surface area is 190 Å². The molecule has 3 aromatic carbocycles. The van der Waals surface area contributed by atoms with Gasteiger partial charge in [0.2, 0.25) is 0 Å². The van der Waals surface area contributed by atoms with Gasteiger partial charge < -0.3 is 10.0 Å². The van der Waals surface area contributed by atoms with Crippen molar-refractivity contribution in [1.29, 1.82) is 0 Å². The minimum absolute atomic E-state index is 0.482. The molecular weight excluding hydrogens is 398 g/mol. The summed E-state index contributed by atoms with van der Waals surface area (Å²) in [4.78, 5) is 15.4. The fourth-order valence-corrected chi connectivity index (χ4v) is 3.71. The highest BCUT2D eigenvalue weighted by molar-refractivity contribution is 5.91. The number of hydrogen-bond acceptors (Lipinski definition) is 4. The third-order valence-electron chi connectivity index (χ3n) is 5.34. The predicted octanol–water partition coefficient (Wildman–Crippen LogP) is 4.70. The summed E-state index contributed by atoms with van der Waals surface area (Å²) in [6.45, 7) is 6.40. The molecule has 0 spiro atoms. The van der Waals surface area contributed by atoms with E-state index in [1.165, 1.54) is 5.69 Å². The van der Waals surface area contributed by atoms with Crippen LogP contribution in [-0.2, 0) is 10.4 Å². The van der Waals surface area contributed by atoms with Gasteiger partial charge in [-0.1, -0.05) is 86.6 Å². The number of nitrogens with zero attached hydrogens (tertiary/aromatic N) is 2. The lowest BCUT2D eigenvalue weighted by atomic mass is 9.85. The highest BCUT2D eigenvalue weighted by Crippen LogP contribution is 2.29. The molecule has 0 aliphatic rings. The molecule has 0 radical (unpaired) electrons. The van der Waals surface area contributed by atoms with Crippen LogP contribution in [0.4, 0.5) is 5.69 Å². The quantitative estimate of drug-likeness (QED) is 0.363. The van der Waals surface area contributed by atoms with Gasteiger partial charge in [-0.25, -0.2) is 5.43 Å². The van der Waals surface area contributed by atoms with E-state index in [0.29, 0.717) is 11.1 Å². The van der Waals surface area contributed by atoms with Crippen LogP contribution in [0.5, 0.6) is 0 Å². The lowest BCUT2D eigenvalue weighted by Crippen LogP contribution is -2.43. The molecule has 5 nitrogen and oxygen atoms in total. The first-order chi connectivity index (χ1) is 15.6. The fourth-order valence-electron chi connectivity index (χ4n) is 3.71. The van der Waals surface area contributed by atoms with E-state index in [1.807, 2.05) is 24.3 Å². The van der Waals surface area contributed by atoms with Gasteiger partial charge in [0.05, 0.1) is 6.21 Å². The molecule has 0 heterocycles. The van der Waals surface area contributed by atoms with Crippen molar-refractivity contribution in [2.75, 3.05) is 18.0 Å². The molecule has 0 atom stereocenters. The van der Waals surface area contributed by atoms with Crippen LogP contribution >= 0.6 is 0 Å². The molecule has 0 bridgehead atoms. The van der Waals surface area contributed by atoms with Crippen molar-refractivity contribution in [2.45, 2.75) is 32.3 Å². The van der Waals surface area contributed by atoms with Gasteiger partial charge in [-0.2, -0.15) is 5.10 Å². The second-order valence-corrected chi connectivity index (χ2v) is 7.72. The topological polar surface area (TPSA) is 64.9 Å². The molecule has 5 heteroatoms. The first kappa shape index (κ1) is 23.2. The summed E-state index contributed by atoms with van der Waals surface area (Å²) < 4.78 is 0. The van der Waals surface area contributed by atoms with E-state index in [-0.39, 0.29) is 0 Å². The molecule has 0 saturated carbocycles. The van der Waals surface area contributed by atoms with Crippen molar-refractivity contribution in [1.82, 2.24) is 5.43 Å². The molecule has 0 aliphatic heterocycles. The molecule has 0 fully saturated rings. The summed E-state index contributed by atoms with van der Waals surface area (Å²) in [6.07, 6.45) is 3.78. The molecule has 3 aromatic rings. The number of hydrogen-bond donors (Lipinski definition) is 2. The molecule has 0 aliphatic carbocycles. The summed E-state index contributed by atoms with van der Waals surface area (Å²) in [7, 11) is 0. The number of benzene rings is 3. The Kier molecular flexibility index (Phi) is 8.17. The van der Waals surface area contributed by atoms with Crippen molar-refractivity contribution in [3.05, 3.63) is 102 Å². The van der Waals surface area contributed by atoms with Gasteiger partial charge in [-0.05, 0) is 41.7 Å². The number of carbonyl (C=O) groups excluding carboxylic acids is 1. The molecule has 166 valence electrons. The van der Waals surface area contributed by atoms with Gasteiger partial charge in [-0.15, -0.1) is 0 Å². The van der Waals surface area contributed by atoms with E-state index in [2.05, 4.69) is 41.4 Å². The van der Waals surface area contributed by atoms with Crippen LogP contribution in [0.2, 0.25) is 0 Å². The number of rotatable bonds is 10. The lowest BCUT2D eigenvalue weighted by molar-refractivity contribution is -0.136. The number of nitrogens with one attached hydrogen (secondary N) is 1. The summed E-state index contributed by atoms with van der Waals surface area (Å²) in [6, 6.07) is 25.9. The Hall–Kier alpha value is -3.44. The molecule has 3 rings (SSSR count). The Morgan fingerprint density at radius 2 is 1.38 bits per heavy atom. The van der Waals surface area contributed by atoms with Crippen LogP contribution in [0.3, 0.4) is 0 Å². The fraction of sp³-hybridized carbons (Fsp3) is 0.259. The molecule has 0 unspecified atom stereocenters. The first-order valence-electron chi connectivity index (χ1n) is 11.1. The summed E-state index contributed by atoms with van der Waals surface area (Å²) in [5, 5.41) is 15.5. The highest BCUT2D eigenvalue weighted by Gasteiger charge is 2.39. The molecule has 0 saturated heterocycles. The van der Waals surface area contributed by atoms with Crippen molar-refractivity contribution in [2.24, 2.45) is 5.10 Å². The van der Waals surface area contributed by atoms with Gasteiger partial charge in [0.1, 0.15) is 0 Å². The monoisotopic (exact) mass is 429 g/mol. The average Bonchev–Trinajstić information content (AvgIpc) is 2.85. The van der Waals surface area contributed by atoms with E-state index in [4.69, 9.17) is 0 Å². The highest BCUT2D eigenvalue weighted by atomic mass is 16.3. The van der Waals surface area contributed by atoms with Crippen molar-refractivity contribution < 1.29 is 9.90 Å². The Bertz CT molecular complexity index is 957. The molecule has 0 aromatic heterocycles. The zero-order chi connectivity index (χ0) is 22.8. The van der Waals surface area contributed by atoms with E-state index < -0.39 is 11.5 Å². The smallest absolute Gasteiger partial charge is 0.281 e. The maximum absolute atomic E-state index is 13.1. The number of anilines is 1. The van der Waals surface area contributed by atoms with Crippen LogP contribution in [0.1, 0.15) is 43.4 Å². The molecule has 32 heavy (non-hydrogen) atoms. The zero-order valence-corrected chi connectivity index (χ0v) is 18.7. The van der Waals surface area contributed by atoms with Crippen LogP contribution in [0, 0.1) is 0 Å².